The maximum Gasteiger partial charge on any atom is 0.00355 e. The average molecular weight is 268 g/mol. The molecular formula is C17H36N2. The number of nitrogens with zero attached hydrogens (tertiary/aromatic N) is 2. The molecule has 2 nitrogen and oxygen atoms in total. The highest BCUT2D eigenvalue weighted by molar-refractivity contribution is 4.78. The molecule has 0 aliphatic carbocycles. The van der Waals surface area contributed by atoms with Crippen LogP contribution in [-0.2, 0) is 0 Å². The van der Waals surface area contributed by atoms with Crippen LogP contribution in [0.2, 0.25) is 0 Å². The van der Waals surface area contributed by atoms with E-state index in [0.717, 1.165) is 17.8 Å². The lowest BCUT2D eigenvalue weighted by Crippen LogP contribution is -2.29. The minimum atomic E-state index is 0.678. The Morgan fingerprint density at radius 1 is 1.11 bits per heavy atom. The average Bonchev–Trinajstić information content (AvgIpc) is 2.82. The van der Waals surface area contributed by atoms with E-state index in [4.69, 9.17) is 0 Å². The molecule has 2 atom stereocenters. The van der Waals surface area contributed by atoms with E-state index in [-0.39, 0.29) is 0 Å². The van der Waals surface area contributed by atoms with Crippen LogP contribution in [0.25, 0.3) is 0 Å². The van der Waals surface area contributed by atoms with Crippen molar-refractivity contribution in [2.75, 3.05) is 33.2 Å². The number of rotatable bonds is 8. The molecule has 19 heavy (non-hydrogen) atoms. The maximum atomic E-state index is 2.69. The van der Waals surface area contributed by atoms with E-state index in [9.17, 15) is 0 Å². The molecule has 114 valence electrons. The summed E-state index contributed by atoms with van der Waals surface area (Å²) < 4.78 is 0. The second-order valence-corrected chi connectivity index (χ2v) is 7.35. The van der Waals surface area contributed by atoms with Crippen molar-refractivity contribution < 1.29 is 0 Å². The van der Waals surface area contributed by atoms with Crippen molar-refractivity contribution in [1.29, 1.82) is 0 Å². The monoisotopic (exact) mass is 268 g/mol. The van der Waals surface area contributed by atoms with Gasteiger partial charge in [-0.2, -0.15) is 0 Å². The first kappa shape index (κ1) is 17.0. The zero-order valence-corrected chi connectivity index (χ0v) is 14.2. The van der Waals surface area contributed by atoms with Gasteiger partial charge in [0.25, 0.3) is 0 Å². The van der Waals surface area contributed by atoms with Gasteiger partial charge < -0.3 is 9.80 Å². The second kappa shape index (κ2) is 8.26. The van der Waals surface area contributed by atoms with Gasteiger partial charge in [-0.3, -0.25) is 0 Å². The van der Waals surface area contributed by atoms with E-state index in [1.807, 2.05) is 0 Å². The second-order valence-electron chi connectivity index (χ2n) is 7.35. The molecule has 0 N–H and O–H groups in total. The molecule has 1 fully saturated rings. The summed E-state index contributed by atoms with van der Waals surface area (Å²) in [6.07, 6.45) is 4.13. The van der Waals surface area contributed by atoms with Crippen molar-refractivity contribution in [2.45, 2.75) is 59.9 Å². The van der Waals surface area contributed by atoms with Crippen LogP contribution in [0.3, 0.4) is 0 Å². The largest absolute Gasteiger partial charge is 0.304 e. The fraction of sp³-hybridized carbons (Fsp3) is 1.00. The van der Waals surface area contributed by atoms with Crippen LogP contribution in [0.1, 0.15) is 53.9 Å². The van der Waals surface area contributed by atoms with Gasteiger partial charge in [0.1, 0.15) is 0 Å². The molecule has 0 aromatic carbocycles. The lowest BCUT2D eigenvalue weighted by atomic mass is 9.95. The van der Waals surface area contributed by atoms with Crippen LogP contribution in [0, 0.1) is 17.8 Å². The van der Waals surface area contributed by atoms with Crippen LogP contribution in [0.15, 0.2) is 0 Å². The van der Waals surface area contributed by atoms with E-state index in [0.29, 0.717) is 6.04 Å². The van der Waals surface area contributed by atoms with Crippen molar-refractivity contribution in [2.24, 2.45) is 17.8 Å². The highest BCUT2D eigenvalue weighted by Gasteiger charge is 2.24. The van der Waals surface area contributed by atoms with Gasteiger partial charge in [-0.25, -0.2) is 0 Å². The first-order valence-electron chi connectivity index (χ1n) is 8.32. The first-order chi connectivity index (χ1) is 8.90. The standard InChI is InChI=1S/C17H36N2/c1-14(2)17-9-12-19(13-17)11-8-16(5)7-10-18(6)15(3)4/h14-17H,7-13H2,1-6H3. The van der Waals surface area contributed by atoms with Crippen LogP contribution < -0.4 is 0 Å². The van der Waals surface area contributed by atoms with E-state index in [1.165, 1.54) is 45.4 Å². The highest BCUT2D eigenvalue weighted by Crippen LogP contribution is 2.24. The van der Waals surface area contributed by atoms with Crippen LogP contribution in [-0.4, -0.2) is 49.1 Å². The van der Waals surface area contributed by atoms with Gasteiger partial charge in [-0.15, -0.1) is 0 Å². The number of hydrogen-bond acceptors (Lipinski definition) is 2. The topological polar surface area (TPSA) is 6.48 Å². The molecule has 0 saturated carbocycles. The molecule has 0 amide bonds. The molecule has 0 radical (unpaired) electrons. The molecule has 0 aromatic heterocycles. The van der Waals surface area contributed by atoms with Gasteiger partial charge >= 0.3 is 0 Å². The van der Waals surface area contributed by atoms with Gasteiger partial charge in [0.15, 0.2) is 0 Å². The third-order valence-electron chi connectivity index (χ3n) is 5.05. The van der Waals surface area contributed by atoms with Gasteiger partial charge in [0.05, 0.1) is 0 Å². The maximum absolute atomic E-state index is 2.69. The Hall–Kier alpha value is -0.0800. The van der Waals surface area contributed by atoms with Crippen molar-refractivity contribution >= 4 is 0 Å². The van der Waals surface area contributed by atoms with E-state index < -0.39 is 0 Å². The van der Waals surface area contributed by atoms with Crippen LogP contribution >= 0.6 is 0 Å². The van der Waals surface area contributed by atoms with Gasteiger partial charge in [-0.05, 0) is 77.5 Å². The molecular weight excluding hydrogens is 232 g/mol. The summed E-state index contributed by atoms with van der Waals surface area (Å²) in [5.74, 6) is 2.67. The van der Waals surface area contributed by atoms with Crippen molar-refractivity contribution in [3.05, 3.63) is 0 Å². The summed E-state index contributed by atoms with van der Waals surface area (Å²) in [7, 11) is 2.24. The Kier molecular flexibility index (Phi) is 7.38. The van der Waals surface area contributed by atoms with Crippen molar-refractivity contribution in [1.82, 2.24) is 9.80 Å². The summed E-state index contributed by atoms with van der Waals surface area (Å²) >= 11 is 0. The molecule has 0 bridgehead atoms. The van der Waals surface area contributed by atoms with Crippen LogP contribution in [0.4, 0.5) is 0 Å². The van der Waals surface area contributed by atoms with E-state index in [2.05, 4.69) is 51.5 Å². The summed E-state index contributed by atoms with van der Waals surface area (Å²) in [6, 6.07) is 0.678. The zero-order valence-electron chi connectivity index (χ0n) is 14.2. The molecule has 1 rings (SSSR count). The molecule has 2 heteroatoms. The normalized spacial score (nSPS) is 22.9. The van der Waals surface area contributed by atoms with Gasteiger partial charge in [-0.1, -0.05) is 20.8 Å². The Labute approximate surface area is 121 Å². The SMILES string of the molecule is CC(CCN1CCC(C(C)C)C1)CCN(C)C(C)C. The smallest absolute Gasteiger partial charge is 0.00355 e. The molecule has 1 aliphatic heterocycles. The quantitative estimate of drug-likeness (QED) is 0.662. The summed E-state index contributed by atoms with van der Waals surface area (Å²) in [5, 5.41) is 0. The lowest BCUT2D eigenvalue weighted by molar-refractivity contribution is 0.237. The van der Waals surface area contributed by atoms with E-state index in [1.54, 1.807) is 0 Å². The molecule has 1 heterocycles. The van der Waals surface area contributed by atoms with Crippen molar-refractivity contribution in [3.63, 3.8) is 0 Å². The molecule has 0 aromatic rings. The predicted octanol–water partition coefficient (Wildman–Crippen LogP) is 3.72. The number of likely N-dealkylation sites (tertiary alicyclic amines) is 1. The highest BCUT2D eigenvalue weighted by atomic mass is 15.1. The van der Waals surface area contributed by atoms with E-state index >= 15 is 0 Å². The Morgan fingerprint density at radius 3 is 2.32 bits per heavy atom. The summed E-state index contributed by atoms with van der Waals surface area (Å²) in [5.41, 5.74) is 0. The zero-order chi connectivity index (χ0) is 14.4. The minimum absolute atomic E-state index is 0.678. The number of hydrogen-bond donors (Lipinski definition) is 0. The van der Waals surface area contributed by atoms with Gasteiger partial charge in [0.2, 0.25) is 0 Å². The van der Waals surface area contributed by atoms with Crippen LogP contribution in [0.5, 0.6) is 0 Å². The Bertz CT molecular complexity index is 237. The molecule has 1 saturated heterocycles. The van der Waals surface area contributed by atoms with Crippen molar-refractivity contribution in [3.8, 4) is 0 Å². The third-order valence-corrected chi connectivity index (χ3v) is 5.05. The third kappa shape index (κ3) is 6.27. The predicted molar refractivity (Wildman–Crippen MR) is 85.5 cm³/mol. The fourth-order valence-corrected chi connectivity index (χ4v) is 2.84. The first-order valence-corrected chi connectivity index (χ1v) is 8.32. The van der Waals surface area contributed by atoms with Gasteiger partial charge in [0, 0.05) is 12.6 Å². The Morgan fingerprint density at radius 2 is 1.79 bits per heavy atom. The molecule has 0 spiro atoms. The molecule has 1 aliphatic rings. The lowest BCUT2D eigenvalue weighted by Gasteiger charge is -2.24. The summed E-state index contributed by atoms with van der Waals surface area (Å²) in [6.45, 7) is 17.0. The minimum Gasteiger partial charge on any atom is -0.304 e. The Balaban J connectivity index is 2.12. The molecule has 2 unspecified atom stereocenters. The summed E-state index contributed by atoms with van der Waals surface area (Å²) in [4.78, 5) is 5.15. The fourth-order valence-electron chi connectivity index (χ4n) is 2.84.